The van der Waals surface area contributed by atoms with Crippen LogP contribution in [0.15, 0.2) is 21.5 Å². The lowest BCUT2D eigenvalue weighted by Crippen LogP contribution is -2.29. The van der Waals surface area contributed by atoms with Crippen LogP contribution in [-0.4, -0.2) is 20.3 Å². The highest BCUT2D eigenvalue weighted by Crippen LogP contribution is 2.33. The van der Waals surface area contributed by atoms with Crippen LogP contribution in [0.25, 0.3) is 0 Å². The van der Waals surface area contributed by atoms with Gasteiger partial charge in [0.2, 0.25) is 10.0 Å². The van der Waals surface area contributed by atoms with Gasteiger partial charge in [-0.05, 0) is 37.3 Å². The maximum Gasteiger partial charge on any atom is 0.243 e. The van der Waals surface area contributed by atoms with E-state index in [4.69, 9.17) is 34.8 Å². The molecule has 1 aromatic carbocycles. The number of alkyl halides is 1. The molecule has 0 saturated heterocycles. The first-order valence-corrected chi connectivity index (χ1v) is 9.54. The Bertz CT molecular complexity index is 586. The summed E-state index contributed by atoms with van der Waals surface area (Å²) in [6.45, 7) is 0.355. The topological polar surface area (TPSA) is 46.2 Å². The van der Waals surface area contributed by atoms with Crippen LogP contribution < -0.4 is 4.72 Å². The summed E-state index contributed by atoms with van der Waals surface area (Å²) in [7, 11) is -3.72. The highest BCUT2D eigenvalue weighted by molar-refractivity contribution is 9.10. The molecule has 1 fully saturated rings. The lowest BCUT2D eigenvalue weighted by Gasteiger charge is -2.13. The Kier molecular flexibility index (Phi) is 5.65. The van der Waals surface area contributed by atoms with Crippen LogP contribution >= 0.6 is 50.7 Å². The SMILES string of the molecule is O=S(=O)(NCC1CCC(Cl)C1)c1c(Cl)cc(Br)cc1Cl. The third-order valence-electron chi connectivity index (χ3n) is 3.27. The van der Waals surface area contributed by atoms with Crippen molar-refractivity contribution in [2.45, 2.75) is 29.5 Å². The van der Waals surface area contributed by atoms with Crippen molar-refractivity contribution in [3.63, 3.8) is 0 Å². The summed E-state index contributed by atoms with van der Waals surface area (Å²) in [6, 6.07) is 3.01. The average Bonchev–Trinajstić information content (AvgIpc) is 2.71. The van der Waals surface area contributed by atoms with Crippen molar-refractivity contribution in [1.82, 2.24) is 4.72 Å². The van der Waals surface area contributed by atoms with Crippen molar-refractivity contribution in [2.75, 3.05) is 6.54 Å². The second-order valence-corrected chi connectivity index (χ2v) is 8.88. The van der Waals surface area contributed by atoms with E-state index < -0.39 is 10.0 Å². The van der Waals surface area contributed by atoms with Crippen LogP contribution in [0.5, 0.6) is 0 Å². The average molecular weight is 422 g/mol. The molecule has 0 bridgehead atoms. The molecule has 1 saturated carbocycles. The van der Waals surface area contributed by atoms with E-state index >= 15 is 0 Å². The minimum absolute atomic E-state index is 0.0792. The van der Waals surface area contributed by atoms with Gasteiger partial charge in [0.05, 0.1) is 10.0 Å². The predicted molar refractivity (Wildman–Crippen MR) is 86.3 cm³/mol. The maximum absolute atomic E-state index is 12.3. The van der Waals surface area contributed by atoms with Crippen LogP contribution in [0.3, 0.4) is 0 Å². The van der Waals surface area contributed by atoms with E-state index in [-0.39, 0.29) is 26.2 Å². The molecule has 0 radical (unpaired) electrons. The zero-order valence-electron chi connectivity index (χ0n) is 10.4. The number of sulfonamides is 1. The highest BCUT2D eigenvalue weighted by atomic mass is 79.9. The molecule has 2 rings (SSSR count). The molecule has 2 unspecified atom stereocenters. The van der Waals surface area contributed by atoms with Crippen LogP contribution in [0, 0.1) is 5.92 Å². The molecule has 3 nitrogen and oxygen atoms in total. The van der Waals surface area contributed by atoms with Crippen molar-refractivity contribution < 1.29 is 8.42 Å². The molecule has 112 valence electrons. The van der Waals surface area contributed by atoms with Gasteiger partial charge in [-0.1, -0.05) is 39.1 Å². The Labute approximate surface area is 142 Å². The van der Waals surface area contributed by atoms with E-state index in [1.807, 2.05) is 0 Å². The molecule has 8 heteroatoms. The standard InChI is InChI=1S/C12H13BrCl3NO2S/c13-8-4-10(15)12(11(16)5-8)20(18,19)17-6-7-1-2-9(14)3-7/h4-5,7,9,17H,1-3,6H2. The van der Waals surface area contributed by atoms with Gasteiger partial charge >= 0.3 is 0 Å². The maximum atomic E-state index is 12.3. The number of rotatable bonds is 4. The molecule has 0 heterocycles. The molecule has 0 aliphatic heterocycles. The lowest BCUT2D eigenvalue weighted by molar-refractivity contribution is 0.520. The molecule has 0 spiro atoms. The van der Waals surface area contributed by atoms with Crippen LogP contribution in [-0.2, 0) is 10.0 Å². The fraction of sp³-hybridized carbons (Fsp3) is 0.500. The van der Waals surface area contributed by atoms with E-state index in [1.165, 1.54) is 12.1 Å². The van der Waals surface area contributed by atoms with Gasteiger partial charge in [-0.25, -0.2) is 13.1 Å². The minimum Gasteiger partial charge on any atom is -0.211 e. The number of nitrogens with one attached hydrogen (secondary N) is 1. The van der Waals surface area contributed by atoms with Crippen LogP contribution in [0.4, 0.5) is 0 Å². The van der Waals surface area contributed by atoms with Crippen molar-refractivity contribution >= 4 is 60.8 Å². The summed E-state index contributed by atoms with van der Waals surface area (Å²) in [5.41, 5.74) is 0. The molecule has 1 aliphatic rings. The largest absolute Gasteiger partial charge is 0.243 e. The summed E-state index contributed by atoms with van der Waals surface area (Å²) >= 11 is 21.2. The van der Waals surface area contributed by atoms with Crippen molar-refractivity contribution in [3.05, 3.63) is 26.7 Å². The molecule has 0 amide bonds. The van der Waals surface area contributed by atoms with Gasteiger partial charge in [-0.15, -0.1) is 11.6 Å². The van der Waals surface area contributed by atoms with Crippen molar-refractivity contribution in [3.8, 4) is 0 Å². The number of halogens is 4. The molecule has 1 aromatic rings. The first-order chi connectivity index (χ1) is 9.29. The van der Waals surface area contributed by atoms with E-state index in [9.17, 15) is 8.42 Å². The first-order valence-electron chi connectivity index (χ1n) is 6.08. The smallest absolute Gasteiger partial charge is 0.211 e. The molecule has 20 heavy (non-hydrogen) atoms. The lowest BCUT2D eigenvalue weighted by atomic mass is 10.1. The summed E-state index contributed by atoms with van der Waals surface area (Å²) in [5, 5.41) is 0.335. The minimum atomic E-state index is -3.72. The summed E-state index contributed by atoms with van der Waals surface area (Å²) in [4.78, 5) is -0.0792. The van der Waals surface area contributed by atoms with Crippen LogP contribution in [0.1, 0.15) is 19.3 Å². The monoisotopic (exact) mass is 419 g/mol. The summed E-state index contributed by atoms with van der Waals surface area (Å²) in [6.07, 6.45) is 2.68. The van der Waals surface area contributed by atoms with Gasteiger partial charge in [0.1, 0.15) is 4.90 Å². The Hall–Kier alpha value is 0.480. The first kappa shape index (κ1) is 16.8. The molecule has 1 N–H and O–H groups in total. The Morgan fingerprint density at radius 2 is 1.85 bits per heavy atom. The van der Waals surface area contributed by atoms with Crippen LogP contribution in [0.2, 0.25) is 10.0 Å². The number of hydrogen-bond donors (Lipinski definition) is 1. The normalized spacial score (nSPS) is 23.2. The number of hydrogen-bond acceptors (Lipinski definition) is 2. The van der Waals surface area contributed by atoms with E-state index in [1.54, 1.807) is 0 Å². The second-order valence-electron chi connectivity index (χ2n) is 4.83. The molecule has 1 aliphatic carbocycles. The van der Waals surface area contributed by atoms with Gasteiger partial charge in [-0.3, -0.25) is 0 Å². The summed E-state index contributed by atoms with van der Waals surface area (Å²) in [5.74, 6) is 0.264. The quantitative estimate of drug-likeness (QED) is 0.731. The Morgan fingerprint density at radius 1 is 1.25 bits per heavy atom. The third-order valence-corrected chi connectivity index (χ3v) is 6.47. The van der Waals surface area contributed by atoms with Crippen molar-refractivity contribution in [1.29, 1.82) is 0 Å². The molecular weight excluding hydrogens is 408 g/mol. The van der Waals surface area contributed by atoms with Gasteiger partial charge < -0.3 is 0 Å². The second kappa shape index (κ2) is 6.71. The zero-order chi connectivity index (χ0) is 14.9. The molecule has 2 atom stereocenters. The van der Waals surface area contributed by atoms with Gasteiger partial charge in [-0.2, -0.15) is 0 Å². The predicted octanol–water partition coefficient (Wildman–Crippen LogP) is 4.44. The van der Waals surface area contributed by atoms with Gasteiger partial charge in [0.15, 0.2) is 0 Å². The highest BCUT2D eigenvalue weighted by Gasteiger charge is 2.27. The van der Waals surface area contributed by atoms with E-state index in [0.717, 1.165) is 19.3 Å². The Balaban J connectivity index is 2.15. The molecular formula is C12H13BrCl3NO2S. The molecule has 0 aromatic heterocycles. The third kappa shape index (κ3) is 4.02. The zero-order valence-corrected chi connectivity index (χ0v) is 15.0. The fourth-order valence-electron chi connectivity index (χ4n) is 2.28. The Morgan fingerprint density at radius 3 is 2.35 bits per heavy atom. The van der Waals surface area contributed by atoms with E-state index in [0.29, 0.717) is 11.0 Å². The fourth-order valence-corrected chi connectivity index (χ4v) is 5.71. The van der Waals surface area contributed by atoms with Gasteiger partial charge in [0, 0.05) is 16.4 Å². The van der Waals surface area contributed by atoms with Crippen molar-refractivity contribution in [2.24, 2.45) is 5.92 Å². The van der Waals surface area contributed by atoms with Gasteiger partial charge in [0.25, 0.3) is 0 Å². The number of benzene rings is 1. The van der Waals surface area contributed by atoms with E-state index in [2.05, 4.69) is 20.7 Å². The summed E-state index contributed by atoms with van der Waals surface area (Å²) < 4.78 is 27.8.